The number of ether oxygens (including phenoxy) is 2. The molecule has 1 atom stereocenters. The molecule has 0 N–H and O–H groups in total. The van der Waals surface area contributed by atoms with Gasteiger partial charge in [0.1, 0.15) is 12.3 Å². The van der Waals surface area contributed by atoms with Gasteiger partial charge < -0.3 is 13.9 Å². The van der Waals surface area contributed by atoms with Crippen LogP contribution in [-0.4, -0.2) is 57.1 Å². The topological polar surface area (TPSA) is 81.9 Å². The summed E-state index contributed by atoms with van der Waals surface area (Å²) in [5.41, 5.74) is 1.10. The molecule has 1 aromatic carbocycles. The molecule has 0 radical (unpaired) electrons. The van der Waals surface area contributed by atoms with E-state index in [9.17, 15) is 8.42 Å². The van der Waals surface area contributed by atoms with Gasteiger partial charge in [-0.05, 0) is 24.6 Å². The van der Waals surface area contributed by atoms with Crippen LogP contribution in [0.25, 0.3) is 11.1 Å². The number of aromatic nitrogens is 1. The molecule has 1 saturated heterocycles. The Morgan fingerprint density at radius 1 is 1.39 bits per heavy atom. The van der Waals surface area contributed by atoms with Crippen molar-refractivity contribution in [2.24, 2.45) is 0 Å². The van der Waals surface area contributed by atoms with Gasteiger partial charge in [-0.3, -0.25) is 0 Å². The van der Waals surface area contributed by atoms with Crippen LogP contribution in [0.5, 0.6) is 0 Å². The van der Waals surface area contributed by atoms with Gasteiger partial charge in [0, 0.05) is 19.8 Å². The lowest BCUT2D eigenvalue weighted by Gasteiger charge is -2.21. The summed E-state index contributed by atoms with van der Waals surface area (Å²) < 4.78 is 41.7. The number of fused-ring (bicyclic) bond motifs is 1. The molecule has 9 heteroatoms. The van der Waals surface area contributed by atoms with E-state index in [1.807, 2.05) is 0 Å². The lowest BCUT2D eigenvalue weighted by Crippen LogP contribution is -2.25. The number of hydrogen-bond donors (Lipinski definition) is 0. The first-order chi connectivity index (χ1) is 11.0. The number of benzene rings is 1. The molecule has 2 aromatic rings. The monoisotopic (exact) mass is 358 g/mol. The fourth-order valence-electron chi connectivity index (χ4n) is 2.12. The molecule has 3 rings (SSSR count). The van der Waals surface area contributed by atoms with Gasteiger partial charge >= 0.3 is 0 Å². The van der Waals surface area contributed by atoms with E-state index in [0.29, 0.717) is 29.7 Å². The fourth-order valence-corrected chi connectivity index (χ4v) is 3.94. The quantitative estimate of drug-likeness (QED) is 0.755. The molecule has 1 fully saturated rings. The average molecular weight is 358 g/mol. The van der Waals surface area contributed by atoms with Crippen molar-refractivity contribution in [1.82, 2.24) is 9.29 Å². The van der Waals surface area contributed by atoms with Gasteiger partial charge in [0.25, 0.3) is 5.22 Å². The van der Waals surface area contributed by atoms with Crippen molar-refractivity contribution in [3.63, 3.8) is 0 Å². The molecular weight excluding hydrogens is 340 g/mol. The molecule has 1 aliphatic heterocycles. The van der Waals surface area contributed by atoms with E-state index in [1.165, 1.54) is 42.3 Å². The Labute approximate surface area is 139 Å². The van der Waals surface area contributed by atoms with E-state index < -0.39 is 10.0 Å². The summed E-state index contributed by atoms with van der Waals surface area (Å²) in [6.45, 7) is 1.02. The largest absolute Gasteiger partial charge is 0.431 e. The molecule has 0 bridgehead atoms. The Morgan fingerprint density at radius 3 is 2.91 bits per heavy atom. The maximum atomic E-state index is 12.1. The summed E-state index contributed by atoms with van der Waals surface area (Å²) in [5, 5.41) is 0.509. The average Bonchev–Trinajstić information content (AvgIpc) is 2.95. The highest BCUT2D eigenvalue weighted by molar-refractivity contribution is 7.99. The van der Waals surface area contributed by atoms with Gasteiger partial charge in [0.2, 0.25) is 10.0 Å². The minimum Gasteiger partial charge on any atom is -0.431 e. The molecule has 2 heterocycles. The zero-order valence-electron chi connectivity index (χ0n) is 12.9. The Balaban J connectivity index is 1.76. The number of sulfonamides is 1. The number of hydrogen-bond acceptors (Lipinski definition) is 7. The summed E-state index contributed by atoms with van der Waals surface area (Å²) in [7, 11) is -0.483. The molecule has 126 valence electrons. The first-order valence-electron chi connectivity index (χ1n) is 7.12. The predicted molar refractivity (Wildman–Crippen MR) is 85.9 cm³/mol. The molecule has 0 spiro atoms. The zero-order chi connectivity index (χ0) is 16.4. The molecule has 23 heavy (non-hydrogen) atoms. The van der Waals surface area contributed by atoms with Crippen molar-refractivity contribution in [2.45, 2.75) is 22.6 Å². The van der Waals surface area contributed by atoms with E-state index in [1.54, 1.807) is 6.07 Å². The normalized spacial score (nSPS) is 19.5. The molecule has 0 saturated carbocycles. The van der Waals surface area contributed by atoms with Crippen molar-refractivity contribution in [2.75, 3.05) is 33.2 Å². The number of nitrogens with zero attached hydrogens (tertiary/aromatic N) is 2. The van der Waals surface area contributed by atoms with Gasteiger partial charge in [0.15, 0.2) is 5.58 Å². The molecule has 7 nitrogen and oxygen atoms in total. The summed E-state index contributed by atoms with van der Waals surface area (Å²) in [6, 6.07) is 4.69. The third-order valence-electron chi connectivity index (χ3n) is 3.48. The van der Waals surface area contributed by atoms with Crippen molar-refractivity contribution >= 4 is 32.9 Å². The molecule has 1 aliphatic rings. The first kappa shape index (κ1) is 16.7. The molecule has 0 aliphatic carbocycles. The number of thioether (sulfide) groups is 1. The van der Waals surface area contributed by atoms with E-state index in [2.05, 4.69) is 4.98 Å². The van der Waals surface area contributed by atoms with Crippen LogP contribution in [0.1, 0.15) is 6.42 Å². The van der Waals surface area contributed by atoms with Crippen molar-refractivity contribution < 1.29 is 22.3 Å². The van der Waals surface area contributed by atoms with E-state index >= 15 is 0 Å². The third-order valence-corrected chi connectivity index (χ3v) is 6.25. The minimum atomic E-state index is -3.48. The first-order valence-corrected chi connectivity index (χ1v) is 9.54. The van der Waals surface area contributed by atoms with Gasteiger partial charge in [-0.25, -0.2) is 17.7 Å². The third kappa shape index (κ3) is 3.69. The predicted octanol–water partition coefficient (Wildman–Crippen LogP) is 1.93. The lowest BCUT2D eigenvalue weighted by atomic mass is 10.3. The maximum Gasteiger partial charge on any atom is 0.256 e. The van der Waals surface area contributed by atoms with Crippen LogP contribution in [0, 0.1) is 0 Å². The SMILES string of the molecule is CN(C)S(=O)(=O)c1ccc2oc(SC[C@H]3CCOCO3)nc2c1. The highest BCUT2D eigenvalue weighted by Gasteiger charge is 2.20. The Hall–Kier alpha value is -1.13. The van der Waals surface area contributed by atoms with Crippen LogP contribution >= 0.6 is 11.8 Å². The van der Waals surface area contributed by atoms with Crippen LogP contribution in [0.3, 0.4) is 0 Å². The fraction of sp³-hybridized carbons (Fsp3) is 0.500. The second-order valence-corrected chi connectivity index (χ2v) is 8.43. The van der Waals surface area contributed by atoms with Crippen molar-refractivity contribution in [1.29, 1.82) is 0 Å². The maximum absolute atomic E-state index is 12.1. The van der Waals surface area contributed by atoms with Gasteiger partial charge in [0.05, 0.1) is 17.6 Å². The smallest absolute Gasteiger partial charge is 0.256 e. The van der Waals surface area contributed by atoms with Gasteiger partial charge in [-0.2, -0.15) is 0 Å². The van der Waals surface area contributed by atoms with Crippen LogP contribution in [0.2, 0.25) is 0 Å². The molecule has 1 aromatic heterocycles. The van der Waals surface area contributed by atoms with Crippen LogP contribution in [-0.2, 0) is 19.5 Å². The highest BCUT2D eigenvalue weighted by Crippen LogP contribution is 2.27. The van der Waals surface area contributed by atoms with Crippen LogP contribution in [0.4, 0.5) is 0 Å². The van der Waals surface area contributed by atoms with E-state index in [-0.39, 0.29) is 11.0 Å². The van der Waals surface area contributed by atoms with Crippen molar-refractivity contribution in [3.05, 3.63) is 18.2 Å². The van der Waals surface area contributed by atoms with Crippen molar-refractivity contribution in [3.8, 4) is 0 Å². The second-order valence-electron chi connectivity index (χ2n) is 5.31. The summed E-state index contributed by atoms with van der Waals surface area (Å²) in [5.74, 6) is 0.721. The number of rotatable bonds is 5. The second kappa shape index (κ2) is 6.78. The van der Waals surface area contributed by atoms with Crippen LogP contribution in [0.15, 0.2) is 32.7 Å². The molecule has 0 amide bonds. The van der Waals surface area contributed by atoms with Crippen LogP contribution < -0.4 is 0 Å². The Morgan fingerprint density at radius 2 is 2.22 bits per heavy atom. The molecule has 0 unspecified atom stereocenters. The van der Waals surface area contributed by atoms with E-state index in [0.717, 1.165) is 12.2 Å². The summed E-state index contributed by atoms with van der Waals surface area (Å²) in [6.07, 6.45) is 0.965. The Bertz CT molecular complexity index is 782. The highest BCUT2D eigenvalue weighted by atomic mass is 32.2. The number of oxazole rings is 1. The van der Waals surface area contributed by atoms with Gasteiger partial charge in [-0.1, -0.05) is 11.8 Å². The summed E-state index contributed by atoms with van der Waals surface area (Å²) in [4.78, 5) is 4.56. The summed E-state index contributed by atoms with van der Waals surface area (Å²) >= 11 is 1.45. The van der Waals surface area contributed by atoms with E-state index in [4.69, 9.17) is 13.9 Å². The molecular formula is C14H18N2O5S2. The zero-order valence-corrected chi connectivity index (χ0v) is 14.5. The van der Waals surface area contributed by atoms with Gasteiger partial charge in [-0.15, -0.1) is 0 Å². The Kier molecular flexibility index (Phi) is 4.93. The lowest BCUT2D eigenvalue weighted by molar-refractivity contribution is -0.130. The minimum absolute atomic E-state index is 0.119. The standard InChI is InChI=1S/C14H18N2O5S2/c1-16(2)23(17,18)11-3-4-13-12(7-11)15-14(21-13)22-8-10-5-6-19-9-20-10/h3-4,7,10H,5-6,8-9H2,1-2H3/t10-/m1/s1.